The van der Waals surface area contributed by atoms with Crippen molar-refractivity contribution in [2.75, 3.05) is 6.61 Å². The summed E-state index contributed by atoms with van der Waals surface area (Å²) in [4.78, 5) is 15.2. The first-order chi connectivity index (χ1) is 9.79. The summed E-state index contributed by atoms with van der Waals surface area (Å²) in [6.07, 6.45) is 4.55. The fraction of sp³-hybridized carbons (Fsp3) is 0.267. The van der Waals surface area contributed by atoms with Crippen LogP contribution in [0.5, 0.6) is 0 Å². The molecule has 0 saturated carbocycles. The van der Waals surface area contributed by atoms with Crippen molar-refractivity contribution < 1.29 is 9.53 Å². The lowest BCUT2D eigenvalue weighted by Crippen LogP contribution is -2.12. The number of para-hydroxylation sites is 1. The number of hydrogen-bond acceptors (Lipinski definition) is 3. The number of aromatic nitrogens is 2. The molecule has 1 heterocycles. The number of rotatable bonds is 4. The minimum absolute atomic E-state index is 0.406. The van der Waals surface area contributed by atoms with Gasteiger partial charge in [-0.15, -0.1) is 0 Å². The first-order valence-corrected chi connectivity index (χ1v) is 6.61. The Balaban J connectivity index is 2.06. The Morgan fingerprint density at radius 1 is 1.30 bits per heavy atom. The molecular weight excluding hydrogens is 254 g/mol. The summed E-state index contributed by atoms with van der Waals surface area (Å²) in [5, 5.41) is 4.70. The Hall–Kier alpha value is -2.43. The van der Waals surface area contributed by atoms with Crippen LogP contribution in [-0.4, -0.2) is 22.5 Å². The van der Waals surface area contributed by atoms with Crippen molar-refractivity contribution in [3.05, 3.63) is 54.1 Å². The minimum Gasteiger partial charge on any atom is -0.448 e. The summed E-state index contributed by atoms with van der Waals surface area (Å²) in [5.74, 6) is 0. The number of carbonyl (C=O) groups is 1. The number of unbranched alkanes of at least 4 members (excludes halogenated alkanes) is 1. The van der Waals surface area contributed by atoms with Crippen LogP contribution < -0.4 is 5.36 Å². The molecule has 1 aromatic carbocycles. The summed E-state index contributed by atoms with van der Waals surface area (Å²) in [6.45, 7) is 2.44. The van der Waals surface area contributed by atoms with Gasteiger partial charge in [0.1, 0.15) is 0 Å². The van der Waals surface area contributed by atoms with E-state index in [4.69, 9.17) is 4.74 Å². The molecule has 2 aromatic rings. The monoisotopic (exact) mass is 271 g/mol. The predicted molar refractivity (Wildman–Crippen MR) is 75.4 cm³/mol. The average Bonchev–Trinajstić information content (AvgIpc) is 2.49. The Labute approximate surface area is 117 Å². The van der Waals surface area contributed by atoms with E-state index in [2.05, 4.69) is 10.1 Å². The molecule has 0 N–H and O–H groups in total. The molecule has 5 heteroatoms. The molecule has 0 atom stereocenters. The lowest BCUT2D eigenvalue weighted by Gasteiger charge is -2.03. The number of benzene rings is 1. The van der Waals surface area contributed by atoms with Crippen molar-refractivity contribution >= 4 is 6.09 Å². The van der Waals surface area contributed by atoms with Crippen LogP contribution in [0.15, 0.2) is 53.8 Å². The van der Waals surface area contributed by atoms with Crippen LogP contribution >= 0.6 is 0 Å². The molecule has 0 radical (unpaired) electrons. The van der Waals surface area contributed by atoms with Crippen molar-refractivity contribution in [3.8, 4) is 5.69 Å². The van der Waals surface area contributed by atoms with E-state index in [9.17, 15) is 4.79 Å². The van der Waals surface area contributed by atoms with Gasteiger partial charge in [0.05, 0.1) is 23.8 Å². The zero-order valence-corrected chi connectivity index (χ0v) is 11.4. The Morgan fingerprint density at radius 3 is 2.75 bits per heavy atom. The summed E-state index contributed by atoms with van der Waals surface area (Å²) >= 11 is 0. The van der Waals surface area contributed by atoms with Gasteiger partial charge in [-0.3, -0.25) is 0 Å². The molecule has 0 aliphatic heterocycles. The highest BCUT2D eigenvalue weighted by Gasteiger charge is 1.98. The second-order valence-electron chi connectivity index (χ2n) is 4.25. The molecule has 5 nitrogen and oxygen atoms in total. The van der Waals surface area contributed by atoms with Gasteiger partial charge < -0.3 is 4.74 Å². The van der Waals surface area contributed by atoms with Crippen molar-refractivity contribution in [2.24, 2.45) is 4.99 Å². The summed E-state index contributed by atoms with van der Waals surface area (Å²) < 4.78 is 6.67. The Kier molecular flexibility index (Phi) is 5.06. The van der Waals surface area contributed by atoms with E-state index >= 15 is 0 Å². The van der Waals surface area contributed by atoms with Gasteiger partial charge in [-0.2, -0.15) is 10.1 Å². The molecule has 0 aliphatic carbocycles. The fourth-order valence-electron chi connectivity index (χ4n) is 1.59. The molecule has 1 aromatic heterocycles. The summed E-state index contributed by atoms with van der Waals surface area (Å²) in [5.41, 5.74) is 0.949. The van der Waals surface area contributed by atoms with E-state index in [1.54, 1.807) is 16.9 Å². The minimum atomic E-state index is -0.572. The number of nitrogens with zero attached hydrogens (tertiary/aromatic N) is 3. The van der Waals surface area contributed by atoms with Crippen molar-refractivity contribution in [1.82, 2.24) is 9.78 Å². The highest BCUT2D eigenvalue weighted by atomic mass is 16.5. The molecule has 0 aliphatic rings. The second kappa shape index (κ2) is 7.23. The molecular formula is C15H17N3O2. The number of ether oxygens (including phenoxy) is 1. The van der Waals surface area contributed by atoms with E-state index in [0.29, 0.717) is 12.0 Å². The smallest absolute Gasteiger partial charge is 0.434 e. The Morgan fingerprint density at radius 2 is 2.10 bits per heavy atom. The van der Waals surface area contributed by atoms with Crippen molar-refractivity contribution in [1.29, 1.82) is 0 Å². The van der Waals surface area contributed by atoms with Gasteiger partial charge in [0.15, 0.2) is 0 Å². The average molecular weight is 271 g/mol. The largest absolute Gasteiger partial charge is 0.448 e. The number of hydrogen-bond donors (Lipinski definition) is 0. The van der Waals surface area contributed by atoms with Crippen LogP contribution in [-0.2, 0) is 4.74 Å². The fourth-order valence-corrected chi connectivity index (χ4v) is 1.59. The van der Waals surface area contributed by atoms with Crippen LogP contribution in [0.1, 0.15) is 19.8 Å². The van der Waals surface area contributed by atoms with Crippen LogP contribution in [0.3, 0.4) is 0 Å². The molecule has 2 rings (SSSR count). The first-order valence-electron chi connectivity index (χ1n) is 6.61. The van der Waals surface area contributed by atoms with Gasteiger partial charge in [-0.1, -0.05) is 31.5 Å². The van der Waals surface area contributed by atoms with Crippen LogP contribution in [0, 0.1) is 0 Å². The molecule has 0 fully saturated rings. The number of amides is 1. The maximum absolute atomic E-state index is 11.4. The topological polar surface area (TPSA) is 56.5 Å². The SMILES string of the molecule is CCCCOC(=O)N=c1ccn(-c2ccccc2)nc1. The molecule has 1 amide bonds. The molecule has 0 spiro atoms. The normalized spacial score (nSPS) is 11.3. The van der Waals surface area contributed by atoms with E-state index in [-0.39, 0.29) is 0 Å². The molecule has 0 unspecified atom stereocenters. The van der Waals surface area contributed by atoms with Gasteiger partial charge in [0.2, 0.25) is 0 Å². The molecule has 104 valence electrons. The van der Waals surface area contributed by atoms with E-state index in [1.807, 2.05) is 37.3 Å². The third kappa shape index (κ3) is 4.05. The zero-order chi connectivity index (χ0) is 14.2. The van der Waals surface area contributed by atoms with E-state index in [1.165, 1.54) is 6.20 Å². The highest BCUT2D eigenvalue weighted by molar-refractivity contribution is 5.68. The lowest BCUT2D eigenvalue weighted by atomic mass is 10.3. The lowest BCUT2D eigenvalue weighted by molar-refractivity contribution is 0.154. The molecule has 20 heavy (non-hydrogen) atoms. The van der Waals surface area contributed by atoms with E-state index in [0.717, 1.165) is 18.5 Å². The van der Waals surface area contributed by atoms with Crippen LogP contribution in [0.2, 0.25) is 0 Å². The number of carbonyl (C=O) groups excluding carboxylic acids is 1. The van der Waals surface area contributed by atoms with Crippen molar-refractivity contribution in [2.45, 2.75) is 19.8 Å². The van der Waals surface area contributed by atoms with Crippen LogP contribution in [0.4, 0.5) is 4.79 Å². The zero-order valence-electron chi connectivity index (χ0n) is 11.4. The second-order valence-corrected chi connectivity index (χ2v) is 4.25. The van der Waals surface area contributed by atoms with Gasteiger partial charge in [0.25, 0.3) is 0 Å². The summed E-state index contributed by atoms with van der Waals surface area (Å²) in [6, 6.07) is 11.4. The van der Waals surface area contributed by atoms with Crippen molar-refractivity contribution in [3.63, 3.8) is 0 Å². The van der Waals surface area contributed by atoms with Gasteiger partial charge in [0, 0.05) is 6.20 Å². The third-order valence-electron chi connectivity index (χ3n) is 2.67. The molecule has 0 bridgehead atoms. The maximum atomic E-state index is 11.4. The van der Waals surface area contributed by atoms with Gasteiger partial charge in [-0.05, 0) is 24.6 Å². The van der Waals surface area contributed by atoms with Crippen LogP contribution in [0.25, 0.3) is 5.69 Å². The van der Waals surface area contributed by atoms with Gasteiger partial charge >= 0.3 is 6.09 Å². The molecule has 0 saturated heterocycles. The quantitative estimate of drug-likeness (QED) is 0.803. The first kappa shape index (κ1) is 14.0. The third-order valence-corrected chi connectivity index (χ3v) is 2.67. The highest BCUT2D eigenvalue weighted by Crippen LogP contribution is 2.02. The van der Waals surface area contributed by atoms with Gasteiger partial charge in [-0.25, -0.2) is 9.48 Å². The standard InChI is InChI=1S/C15H17N3O2/c1-2-3-11-20-15(19)17-13-9-10-18(16-12-13)14-7-5-4-6-8-14/h4-10,12H,2-3,11H2,1H3. The maximum Gasteiger partial charge on any atom is 0.434 e. The van der Waals surface area contributed by atoms with E-state index < -0.39 is 6.09 Å². The predicted octanol–water partition coefficient (Wildman–Crippen LogP) is 2.71. The Bertz CT molecular complexity index is 600. The summed E-state index contributed by atoms with van der Waals surface area (Å²) in [7, 11) is 0.